The average molecular weight is 636 g/mol. The van der Waals surface area contributed by atoms with Gasteiger partial charge in [0.1, 0.15) is 0 Å². The molecule has 50 heavy (non-hydrogen) atoms. The van der Waals surface area contributed by atoms with Crippen molar-refractivity contribution in [2.45, 2.75) is 0 Å². The predicted molar refractivity (Wildman–Crippen MR) is 202 cm³/mol. The first-order valence-corrected chi connectivity index (χ1v) is 16.3. The highest BCUT2D eigenvalue weighted by molar-refractivity contribution is 6.11. The van der Waals surface area contributed by atoms with E-state index in [0.29, 0.717) is 16.8 Å². The maximum atomic E-state index is 10.6. The Kier molecular flexibility index (Phi) is 6.56. The quantitative estimate of drug-likeness (QED) is 0.181. The topological polar surface area (TPSA) is 61.8 Å². The number of para-hydroxylation sites is 3. The first kappa shape index (κ1) is 28.8. The molecular weight excluding hydrogens is 611 g/mol. The highest BCUT2D eigenvalue weighted by Gasteiger charge is 2.22. The van der Waals surface area contributed by atoms with Crippen LogP contribution in [0.4, 0.5) is 5.69 Å². The van der Waals surface area contributed by atoms with Gasteiger partial charge in [0, 0.05) is 33.0 Å². The molecule has 0 radical (unpaired) electrons. The zero-order valence-electron chi connectivity index (χ0n) is 26.7. The van der Waals surface area contributed by atoms with E-state index >= 15 is 0 Å². The van der Waals surface area contributed by atoms with Gasteiger partial charge in [-0.1, -0.05) is 97.1 Å². The molecule has 230 valence electrons. The minimum Gasteiger partial charge on any atom is -0.309 e. The van der Waals surface area contributed by atoms with Gasteiger partial charge in [-0.2, -0.15) is 10.5 Å². The van der Waals surface area contributed by atoms with Gasteiger partial charge in [0.2, 0.25) is 0 Å². The molecule has 0 amide bonds. The van der Waals surface area contributed by atoms with Crippen molar-refractivity contribution in [3.8, 4) is 45.8 Å². The highest BCUT2D eigenvalue weighted by Crippen LogP contribution is 2.43. The molecule has 7 aromatic carbocycles. The Morgan fingerprint density at radius 1 is 0.460 bits per heavy atom. The Labute approximate surface area is 288 Å². The van der Waals surface area contributed by atoms with Crippen molar-refractivity contribution in [1.82, 2.24) is 9.13 Å². The van der Waals surface area contributed by atoms with Gasteiger partial charge in [-0.15, -0.1) is 0 Å². The first-order chi connectivity index (χ1) is 24.7. The van der Waals surface area contributed by atoms with Crippen LogP contribution in [0.1, 0.15) is 11.1 Å². The highest BCUT2D eigenvalue weighted by atomic mass is 15.0. The maximum absolute atomic E-state index is 10.6. The molecule has 0 aliphatic carbocycles. The normalized spacial score (nSPS) is 11.1. The molecule has 2 heterocycles. The lowest BCUT2D eigenvalue weighted by Crippen LogP contribution is -2.01. The lowest BCUT2D eigenvalue weighted by atomic mass is 9.89. The summed E-state index contributed by atoms with van der Waals surface area (Å²) in [5.41, 5.74) is 10.7. The minimum atomic E-state index is 0.527. The zero-order chi connectivity index (χ0) is 33.8. The van der Waals surface area contributed by atoms with Gasteiger partial charge < -0.3 is 9.13 Å². The van der Waals surface area contributed by atoms with E-state index in [1.807, 2.05) is 97.1 Å². The van der Waals surface area contributed by atoms with Gasteiger partial charge in [-0.05, 0) is 71.1 Å². The molecule has 5 heteroatoms. The van der Waals surface area contributed by atoms with Crippen molar-refractivity contribution >= 4 is 49.3 Å². The van der Waals surface area contributed by atoms with E-state index < -0.39 is 0 Å². The van der Waals surface area contributed by atoms with Crippen LogP contribution < -0.4 is 0 Å². The van der Waals surface area contributed by atoms with E-state index in [4.69, 9.17) is 6.57 Å². The molecule has 9 rings (SSSR count). The fourth-order valence-corrected chi connectivity index (χ4v) is 7.53. The van der Waals surface area contributed by atoms with Crippen molar-refractivity contribution in [2.75, 3.05) is 0 Å². The van der Waals surface area contributed by atoms with Crippen molar-refractivity contribution in [3.05, 3.63) is 174 Å². The van der Waals surface area contributed by atoms with Crippen molar-refractivity contribution in [1.29, 1.82) is 10.5 Å². The number of hydrogen-bond donors (Lipinski definition) is 0. The number of nitriles is 2. The Balaban J connectivity index is 1.29. The van der Waals surface area contributed by atoms with Crippen LogP contribution in [0, 0.1) is 29.2 Å². The lowest BCUT2D eigenvalue weighted by molar-refractivity contribution is 1.17. The van der Waals surface area contributed by atoms with Crippen LogP contribution in [0.25, 0.3) is 82.1 Å². The molecule has 0 atom stereocenters. The molecule has 0 spiro atoms. The molecule has 0 unspecified atom stereocenters. The summed E-state index contributed by atoms with van der Waals surface area (Å²) >= 11 is 0. The summed E-state index contributed by atoms with van der Waals surface area (Å²) in [5, 5.41) is 25.5. The molecule has 2 aromatic heterocycles. The molecule has 9 aromatic rings. The minimum absolute atomic E-state index is 0.527. The van der Waals surface area contributed by atoms with Crippen molar-refractivity contribution < 1.29 is 0 Å². The average Bonchev–Trinajstić information content (AvgIpc) is 3.70. The van der Waals surface area contributed by atoms with E-state index in [2.05, 4.69) is 80.7 Å². The number of aromatic nitrogens is 2. The summed E-state index contributed by atoms with van der Waals surface area (Å²) in [4.78, 5) is 3.69. The summed E-state index contributed by atoms with van der Waals surface area (Å²) in [7, 11) is 0. The molecule has 0 bridgehead atoms. The fraction of sp³-hybridized carbons (Fsp3) is 0. The standard InChI is InChI=1S/C45H25N5/c1-48-31-21-24-43-39(26-31)37-15-6-9-19-42(37)50(43)44-20-10-11-29(27-46)45(44)38-16-3-2-12-34(38)33-23-22-32(25-30(33)28-47)49-40-17-7-4-13-35(40)36-14-5-8-18-41(36)49/h2-26H. The summed E-state index contributed by atoms with van der Waals surface area (Å²) < 4.78 is 4.40. The SMILES string of the molecule is [C-]#[N+]c1ccc2c(c1)c1ccccc1n2-c1cccc(C#N)c1-c1ccccc1-c1ccc(-n2c3ccccc3c3ccccc32)cc1C#N. The molecule has 0 saturated heterocycles. The van der Waals surface area contributed by atoms with Gasteiger partial charge in [-0.25, -0.2) is 4.85 Å². The smallest absolute Gasteiger partial charge is 0.188 e. The largest absolute Gasteiger partial charge is 0.309 e. The summed E-state index contributed by atoms with van der Waals surface area (Å²) in [6.45, 7) is 7.62. The van der Waals surface area contributed by atoms with Crippen molar-refractivity contribution in [2.24, 2.45) is 0 Å². The third-order valence-corrected chi connectivity index (χ3v) is 9.64. The number of benzene rings is 7. The van der Waals surface area contributed by atoms with Crippen LogP contribution in [0.5, 0.6) is 0 Å². The van der Waals surface area contributed by atoms with Crippen LogP contribution in [0.3, 0.4) is 0 Å². The van der Waals surface area contributed by atoms with E-state index in [1.54, 1.807) is 0 Å². The second-order valence-corrected chi connectivity index (χ2v) is 12.2. The summed E-state index contributed by atoms with van der Waals surface area (Å²) in [6, 6.07) is 55.4. The summed E-state index contributed by atoms with van der Waals surface area (Å²) in [5.74, 6) is 0. The number of nitrogens with zero attached hydrogens (tertiary/aromatic N) is 5. The Morgan fingerprint density at radius 2 is 1.04 bits per heavy atom. The van der Waals surface area contributed by atoms with E-state index in [-0.39, 0.29) is 0 Å². The van der Waals surface area contributed by atoms with Gasteiger partial charge in [0.25, 0.3) is 0 Å². The Bertz CT molecular complexity index is 2920. The van der Waals surface area contributed by atoms with Crippen molar-refractivity contribution in [3.63, 3.8) is 0 Å². The summed E-state index contributed by atoms with van der Waals surface area (Å²) in [6.07, 6.45) is 0. The molecule has 0 aliphatic rings. The molecule has 0 aliphatic heterocycles. The predicted octanol–water partition coefficient (Wildman–Crippen LogP) is 11.5. The molecule has 5 nitrogen and oxygen atoms in total. The van der Waals surface area contributed by atoms with Crippen LogP contribution in [0.2, 0.25) is 0 Å². The first-order valence-electron chi connectivity index (χ1n) is 16.3. The molecule has 0 fully saturated rings. The van der Waals surface area contributed by atoms with Gasteiger partial charge in [0.05, 0.1) is 57.6 Å². The van der Waals surface area contributed by atoms with Gasteiger partial charge in [0.15, 0.2) is 5.69 Å². The third-order valence-electron chi connectivity index (χ3n) is 9.64. The lowest BCUT2D eigenvalue weighted by Gasteiger charge is -2.19. The number of fused-ring (bicyclic) bond motifs is 6. The maximum Gasteiger partial charge on any atom is 0.188 e. The number of rotatable bonds is 4. The number of hydrogen-bond acceptors (Lipinski definition) is 2. The second-order valence-electron chi connectivity index (χ2n) is 12.2. The fourth-order valence-electron chi connectivity index (χ4n) is 7.53. The Morgan fingerprint density at radius 3 is 1.70 bits per heavy atom. The van der Waals surface area contributed by atoms with E-state index in [1.165, 1.54) is 0 Å². The van der Waals surface area contributed by atoms with Crippen LogP contribution in [-0.2, 0) is 0 Å². The Hall–Kier alpha value is -7.39. The van der Waals surface area contributed by atoms with Crippen LogP contribution in [0.15, 0.2) is 152 Å². The molecule has 0 saturated carbocycles. The third kappa shape index (κ3) is 4.24. The van der Waals surface area contributed by atoms with E-state index in [0.717, 1.165) is 77.2 Å². The zero-order valence-corrected chi connectivity index (χ0v) is 26.7. The van der Waals surface area contributed by atoms with Crippen LogP contribution in [-0.4, -0.2) is 9.13 Å². The molecular formula is C45H25N5. The van der Waals surface area contributed by atoms with Gasteiger partial charge in [-0.3, -0.25) is 0 Å². The molecule has 0 N–H and O–H groups in total. The monoisotopic (exact) mass is 635 g/mol. The van der Waals surface area contributed by atoms with Gasteiger partial charge >= 0.3 is 0 Å². The van der Waals surface area contributed by atoms with Crippen LogP contribution >= 0.6 is 0 Å². The van der Waals surface area contributed by atoms with E-state index in [9.17, 15) is 10.5 Å². The second kappa shape index (κ2) is 11.4.